The summed E-state index contributed by atoms with van der Waals surface area (Å²) in [5.74, 6) is -0.169. The maximum atomic E-state index is 12.0. The van der Waals surface area contributed by atoms with Gasteiger partial charge in [0, 0.05) is 11.6 Å². The predicted molar refractivity (Wildman–Crippen MR) is 75.3 cm³/mol. The van der Waals surface area contributed by atoms with E-state index in [9.17, 15) is 13.2 Å². The molecule has 3 N–H and O–H groups in total. The van der Waals surface area contributed by atoms with Crippen LogP contribution in [0.4, 0.5) is 5.69 Å². The van der Waals surface area contributed by atoms with Crippen molar-refractivity contribution in [2.75, 3.05) is 5.32 Å². The standard InChI is InChI=1S/C13H20N2O3S/c1-4-10(5-2)13(16)15-11-7-6-8-12(9(11)3)19(14,17)18/h6-8,10H,4-5H2,1-3H3,(H,15,16)(H2,14,17,18). The van der Waals surface area contributed by atoms with E-state index in [2.05, 4.69) is 5.32 Å². The second kappa shape index (κ2) is 6.16. The average Bonchev–Trinajstić information content (AvgIpc) is 2.32. The number of carbonyl (C=O) groups excluding carboxylic acids is 1. The lowest BCUT2D eigenvalue weighted by molar-refractivity contribution is -0.120. The summed E-state index contributed by atoms with van der Waals surface area (Å²) in [5.41, 5.74) is 0.952. The largest absolute Gasteiger partial charge is 0.326 e. The van der Waals surface area contributed by atoms with Crippen LogP contribution in [0, 0.1) is 12.8 Å². The van der Waals surface area contributed by atoms with Crippen molar-refractivity contribution in [2.45, 2.75) is 38.5 Å². The van der Waals surface area contributed by atoms with E-state index < -0.39 is 10.0 Å². The van der Waals surface area contributed by atoms with Gasteiger partial charge >= 0.3 is 0 Å². The summed E-state index contributed by atoms with van der Waals surface area (Å²) >= 11 is 0. The molecule has 0 aromatic heterocycles. The van der Waals surface area contributed by atoms with Crippen LogP contribution >= 0.6 is 0 Å². The number of sulfonamides is 1. The molecule has 0 saturated heterocycles. The minimum Gasteiger partial charge on any atom is -0.326 e. The summed E-state index contributed by atoms with van der Waals surface area (Å²) in [6, 6.07) is 4.66. The molecule has 6 heteroatoms. The SMILES string of the molecule is CCC(CC)C(=O)Nc1cccc(S(N)(=O)=O)c1C. The van der Waals surface area contributed by atoms with Crippen LogP contribution in [0.2, 0.25) is 0 Å². The summed E-state index contributed by atoms with van der Waals surface area (Å²) in [5, 5.41) is 7.89. The third-order valence-electron chi connectivity index (χ3n) is 3.20. The van der Waals surface area contributed by atoms with Crippen LogP contribution < -0.4 is 10.5 Å². The Hall–Kier alpha value is -1.40. The highest BCUT2D eigenvalue weighted by Gasteiger charge is 2.18. The van der Waals surface area contributed by atoms with Gasteiger partial charge in [-0.05, 0) is 37.5 Å². The van der Waals surface area contributed by atoms with Crippen molar-refractivity contribution in [2.24, 2.45) is 11.1 Å². The Morgan fingerprint density at radius 1 is 1.32 bits per heavy atom. The lowest BCUT2D eigenvalue weighted by Gasteiger charge is -2.15. The van der Waals surface area contributed by atoms with Crippen LogP contribution in [-0.2, 0) is 14.8 Å². The molecule has 0 bridgehead atoms. The number of nitrogens with two attached hydrogens (primary N) is 1. The van der Waals surface area contributed by atoms with Crippen LogP contribution in [-0.4, -0.2) is 14.3 Å². The predicted octanol–water partition coefficient (Wildman–Crippen LogP) is 2.02. The second-order valence-corrected chi connectivity index (χ2v) is 6.01. The van der Waals surface area contributed by atoms with E-state index in [4.69, 9.17) is 5.14 Å². The molecule has 0 aliphatic carbocycles. The molecule has 0 saturated carbocycles. The zero-order valence-corrected chi connectivity index (χ0v) is 12.3. The normalized spacial score (nSPS) is 11.6. The lowest BCUT2D eigenvalue weighted by atomic mass is 10.0. The van der Waals surface area contributed by atoms with Crippen LogP contribution in [0.1, 0.15) is 32.3 Å². The zero-order valence-electron chi connectivity index (χ0n) is 11.4. The van der Waals surface area contributed by atoms with Crippen molar-refractivity contribution in [1.29, 1.82) is 0 Å². The highest BCUT2D eigenvalue weighted by Crippen LogP contribution is 2.23. The Kier molecular flexibility index (Phi) is 5.08. The van der Waals surface area contributed by atoms with E-state index in [0.29, 0.717) is 11.3 Å². The van der Waals surface area contributed by atoms with E-state index in [1.165, 1.54) is 6.07 Å². The Bertz CT molecular complexity index is 563. The molecule has 0 aliphatic heterocycles. The van der Waals surface area contributed by atoms with Crippen molar-refractivity contribution in [3.05, 3.63) is 23.8 Å². The van der Waals surface area contributed by atoms with E-state index in [1.807, 2.05) is 13.8 Å². The maximum Gasteiger partial charge on any atom is 0.238 e. The van der Waals surface area contributed by atoms with Crippen molar-refractivity contribution in [3.63, 3.8) is 0 Å². The smallest absolute Gasteiger partial charge is 0.238 e. The first kappa shape index (κ1) is 15.7. The van der Waals surface area contributed by atoms with Gasteiger partial charge in [-0.15, -0.1) is 0 Å². The number of hydrogen-bond donors (Lipinski definition) is 2. The summed E-state index contributed by atoms with van der Waals surface area (Å²) in [4.78, 5) is 12.0. The second-order valence-electron chi connectivity index (χ2n) is 4.48. The Morgan fingerprint density at radius 3 is 2.37 bits per heavy atom. The van der Waals surface area contributed by atoms with Gasteiger partial charge in [0.25, 0.3) is 0 Å². The molecule has 1 aromatic rings. The average molecular weight is 284 g/mol. The maximum absolute atomic E-state index is 12.0. The van der Waals surface area contributed by atoms with E-state index in [-0.39, 0.29) is 16.7 Å². The van der Waals surface area contributed by atoms with Crippen LogP contribution in [0.3, 0.4) is 0 Å². The van der Waals surface area contributed by atoms with Gasteiger partial charge in [0.2, 0.25) is 15.9 Å². The van der Waals surface area contributed by atoms with Crippen LogP contribution in [0.25, 0.3) is 0 Å². The van der Waals surface area contributed by atoms with E-state index in [1.54, 1.807) is 19.1 Å². The molecule has 5 nitrogen and oxygen atoms in total. The lowest BCUT2D eigenvalue weighted by Crippen LogP contribution is -2.23. The Morgan fingerprint density at radius 2 is 1.89 bits per heavy atom. The number of nitrogens with one attached hydrogen (secondary N) is 1. The van der Waals surface area contributed by atoms with Gasteiger partial charge in [0.05, 0.1) is 4.90 Å². The van der Waals surface area contributed by atoms with Crippen molar-refractivity contribution >= 4 is 21.6 Å². The first-order valence-corrected chi connectivity index (χ1v) is 7.79. The molecule has 0 spiro atoms. The molecule has 1 aromatic carbocycles. The van der Waals surface area contributed by atoms with E-state index >= 15 is 0 Å². The van der Waals surface area contributed by atoms with Crippen molar-refractivity contribution in [3.8, 4) is 0 Å². The number of primary sulfonamides is 1. The fraction of sp³-hybridized carbons (Fsp3) is 0.462. The number of amides is 1. The minimum atomic E-state index is -3.77. The Balaban J connectivity index is 3.07. The van der Waals surface area contributed by atoms with Gasteiger partial charge in [-0.2, -0.15) is 0 Å². The zero-order chi connectivity index (χ0) is 14.6. The third-order valence-corrected chi connectivity index (χ3v) is 4.26. The van der Waals surface area contributed by atoms with E-state index in [0.717, 1.165) is 12.8 Å². The molecule has 0 radical (unpaired) electrons. The number of benzene rings is 1. The fourth-order valence-electron chi connectivity index (χ4n) is 1.95. The number of rotatable bonds is 5. The molecule has 0 atom stereocenters. The van der Waals surface area contributed by atoms with Gasteiger partial charge in [-0.1, -0.05) is 19.9 Å². The quantitative estimate of drug-likeness (QED) is 0.866. The summed E-state index contributed by atoms with van der Waals surface area (Å²) < 4.78 is 22.8. The first-order valence-electron chi connectivity index (χ1n) is 6.24. The highest BCUT2D eigenvalue weighted by molar-refractivity contribution is 7.89. The number of hydrogen-bond acceptors (Lipinski definition) is 3. The van der Waals surface area contributed by atoms with Gasteiger partial charge in [0.15, 0.2) is 0 Å². The summed E-state index contributed by atoms with van der Waals surface area (Å²) in [7, 11) is -3.77. The van der Waals surface area contributed by atoms with Crippen molar-refractivity contribution < 1.29 is 13.2 Å². The monoisotopic (exact) mass is 284 g/mol. The summed E-state index contributed by atoms with van der Waals surface area (Å²) in [6.45, 7) is 5.52. The molecule has 1 amide bonds. The van der Waals surface area contributed by atoms with Crippen LogP contribution in [0.15, 0.2) is 23.1 Å². The molecule has 0 heterocycles. The van der Waals surface area contributed by atoms with Gasteiger partial charge < -0.3 is 5.32 Å². The topological polar surface area (TPSA) is 89.3 Å². The molecule has 0 aliphatic rings. The van der Waals surface area contributed by atoms with Gasteiger partial charge in [0.1, 0.15) is 0 Å². The Labute approximate surface area is 114 Å². The highest BCUT2D eigenvalue weighted by atomic mass is 32.2. The molecular weight excluding hydrogens is 264 g/mol. The fourth-order valence-corrected chi connectivity index (χ4v) is 2.76. The van der Waals surface area contributed by atoms with Crippen LogP contribution in [0.5, 0.6) is 0 Å². The molecule has 106 valence electrons. The van der Waals surface area contributed by atoms with Gasteiger partial charge in [-0.25, -0.2) is 13.6 Å². The van der Waals surface area contributed by atoms with Gasteiger partial charge in [-0.3, -0.25) is 4.79 Å². The molecule has 0 fully saturated rings. The number of anilines is 1. The summed E-state index contributed by atoms with van der Waals surface area (Å²) in [6.07, 6.45) is 1.49. The third kappa shape index (κ3) is 3.78. The first-order chi connectivity index (χ1) is 8.81. The minimum absolute atomic E-state index is 0.0369. The van der Waals surface area contributed by atoms with Crippen molar-refractivity contribution in [1.82, 2.24) is 0 Å². The molecule has 19 heavy (non-hydrogen) atoms. The number of carbonyl (C=O) groups is 1. The molecular formula is C13H20N2O3S. The molecule has 0 unspecified atom stereocenters. The molecule has 1 rings (SSSR count).